The first-order valence-corrected chi connectivity index (χ1v) is 9.54. The molecule has 1 N–H and O–H groups in total. The van der Waals surface area contributed by atoms with Crippen molar-refractivity contribution in [2.75, 3.05) is 11.9 Å². The van der Waals surface area contributed by atoms with Gasteiger partial charge in [0.2, 0.25) is 0 Å². The molecule has 0 aromatic carbocycles. The summed E-state index contributed by atoms with van der Waals surface area (Å²) >= 11 is 0. The molecule has 0 saturated heterocycles. The van der Waals surface area contributed by atoms with Crippen LogP contribution in [-0.4, -0.2) is 26.9 Å². The number of amides is 1. The minimum atomic E-state index is -0.292. The summed E-state index contributed by atoms with van der Waals surface area (Å²) in [6, 6.07) is 9.45. The highest BCUT2D eigenvalue weighted by Gasteiger charge is 2.17. The van der Waals surface area contributed by atoms with Crippen molar-refractivity contribution in [2.24, 2.45) is 5.92 Å². The zero-order valence-electron chi connectivity index (χ0n) is 15.5. The van der Waals surface area contributed by atoms with Crippen LogP contribution in [0, 0.1) is 12.8 Å². The average molecular weight is 364 g/mol. The molecule has 6 nitrogen and oxygen atoms in total. The number of hydrogen-bond acceptors (Lipinski definition) is 4. The zero-order valence-corrected chi connectivity index (χ0v) is 15.5. The van der Waals surface area contributed by atoms with Gasteiger partial charge in [0.15, 0.2) is 11.6 Å². The highest BCUT2D eigenvalue weighted by atomic mass is 16.5. The van der Waals surface area contributed by atoms with Crippen molar-refractivity contribution in [3.63, 3.8) is 0 Å². The van der Waals surface area contributed by atoms with Gasteiger partial charge in [0.25, 0.3) is 5.91 Å². The summed E-state index contributed by atoms with van der Waals surface area (Å²) in [5, 5.41) is 2.84. The molecule has 4 rings (SSSR count). The third kappa shape index (κ3) is 3.94. The molecule has 0 bridgehead atoms. The van der Waals surface area contributed by atoms with E-state index in [0.717, 1.165) is 11.3 Å². The summed E-state index contributed by atoms with van der Waals surface area (Å²) < 4.78 is 7.89. The molecule has 0 atom stereocenters. The van der Waals surface area contributed by atoms with E-state index in [2.05, 4.69) is 15.3 Å². The summed E-state index contributed by atoms with van der Waals surface area (Å²) in [6.07, 6.45) is 9.69. The second kappa shape index (κ2) is 7.78. The number of ether oxygens (including phenoxy) is 1. The Hall–Kier alpha value is -2.89. The molecule has 3 heterocycles. The van der Waals surface area contributed by atoms with E-state index in [0.29, 0.717) is 29.8 Å². The maximum Gasteiger partial charge on any atom is 0.277 e. The molecule has 0 aliphatic heterocycles. The summed E-state index contributed by atoms with van der Waals surface area (Å²) in [7, 11) is 0. The van der Waals surface area contributed by atoms with Gasteiger partial charge in [-0.3, -0.25) is 4.79 Å². The van der Waals surface area contributed by atoms with Crippen LogP contribution in [0.5, 0.6) is 5.75 Å². The van der Waals surface area contributed by atoms with E-state index < -0.39 is 0 Å². The highest BCUT2D eigenvalue weighted by molar-refractivity contribution is 6.03. The van der Waals surface area contributed by atoms with E-state index >= 15 is 0 Å². The first-order valence-electron chi connectivity index (χ1n) is 9.54. The second-order valence-corrected chi connectivity index (χ2v) is 7.14. The summed E-state index contributed by atoms with van der Waals surface area (Å²) in [4.78, 5) is 21.4. The van der Waals surface area contributed by atoms with Gasteiger partial charge in [-0.1, -0.05) is 25.3 Å². The van der Waals surface area contributed by atoms with Crippen molar-refractivity contribution in [2.45, 2.75) is 39.0 Å². The number of aryl methyl sites for hydroxylation is 1. The zero-order chi connectivity index (χ0) is 18.6. The van der Waals surface area contributed by atoms with Gasteiger partial charge >= 0.3 is 0 Å². The lowest BCUT2D eigenvalue weighted by molar-refractivity contribution is 0.102. The van der Waals surface area contributed by atoms with Crippen LogP contribution in [0.1, 0.15) is 48.3 Å². The molecule has 0 radical (unpaired) electrons. The first kappa shape index (κ1) is 17.5. The van der Waals surface area contributed by atoms with Crippen LogP contribution in [0.4, 0.5) is 5.82 Å². The predicted octanol–water partition coefficient (Wildman–Crippen LogP) is 4.25. The Labute approximate surface area is 158 Å². The minimum absolute atomic E-state index is 0.292. The number of rotatable bonds is 5. The molecular formula is C21H24N4O2. The van der Waals surface area contributed by atoms with E-state index in [9.17, 15) is 4.79 Å². The maximum absolute atomic E-state index is 12.7. The molecule has 6 heteroatoms. The standard InChI is InChI=1S/C21H24N4O2/c1-15-7-5-11-19-23-17(13-25(15)19)21(26)24-20-18(10-6-12-22-20)27-14-16-8-3-2-4-9-16/h5-7,10-13,16H,2-4,8-9,14H2,1H3,(H,22,24,26). The Bertz CT molecular complexity index is 944. The Kier molecular flexibility index (Phi) is 5.05. The van der Waals surface area contributed by atoms with Gasteiger partial charge in [-0.2, -0.15) is 0 Å². The van der Waals surface area contributed by atoms with Crippen LogP contribution in [0.15, 0.2) is 42.7 Å². The van der Waals surface area contributed by atoms with Crippen LogP contribution in [0.2, 0.25) is 0 Å². The van der Waals surface area contributed by atoms with Gasteiger partial charge in [0.1, 0.15) is 11.3 Å². The van der Waals surface area contributed by atoms with Gasteiger partial charge in [-0.25, -0.2) is 9.97 Å². The molecule has 1 aliphatic carbocycles. The van der Waals surface area contributed by atoms with Gasteiger partial charge in [-0.15, -0.1) is 0 Å². The molecular weight excluding hydrogens is 340 g/mol. The first-order chi connectivity index (χ1) is 13.2. The number of nitrogens with zero attached hydrogens (tertiary/aromatic N) is 3. The number of carbonyl (C=O) groups is 1. The Morgan fingerprint density at radius 3 is 2.89 bits per heavy atom. The molecule has 140 valence electrons. The topological polar surface area (TPSA) is 68.5 Å². The Morgan fingerprint density at radius 2 is 2.07 bits per heavy atom. The molecule has 1 aliphatic rings. The normalized spacial score (nSPS) is 15.0. The van der Waals surface area contributed by atoms with Crippen LogP contribution in [-0.2, 0) is 0 Å². The van der Waals surface area contributed by atoms with Gasteiger partial charge in [0, 0.05) is 18.1 Å². The minimum Gasteiger partial charge on any atom is -0.489 e. The maximum atomic E-state index is 12.7. The number of fused-ring (bicyclic) bond motifs is 1. The lowest BCUT2D eigenvalue weighted by Crippen LogP contribution is -2.18. The number of aromatic nitrogens is 3. The lowest BCUT2D eigenvalue weighted by atomic mass is 9.90. The number of nitrogens with one attached hydrogen (secondary N) is 1. The number of anilines is 1. The van der Waals surface area contributed by atoms with Crippen molar-refractivity contribution < 1.29 is 9.53 Å². The van der Waals surface area contributed by atoms with Crippen LogP contribution >= 0.6 is 0 Å². The van der Waals surface area contributed by atoms with E-state index in [4.69, 9.17) is 4.74 Å². The lowest BCUT2D eigenvalue weighted by Gasteiger charge is -2.22. The fourth-order valence-electron chi connectivity index (χ4n) is 3.59. The smallest absolute Gasteiger partial charge is 0.277 e. The molecule has 0 spiro atoms. The summed E-state index contributed by atoms with van der Waals surface area (Å²) in [5.41, 5.74) is 2.12. The van der Waals surface area contributed by atoms with Gasteiger partial charge in [0.05, 0.1) is 6.61 Å². The second-order valence-electron chi connectivity index (χ2n) is 7.14. The van der Waals surface area contributed by atoms with Crippen LogP contribution in [0.25, 0.3) is 5.65 Å². The van der Waals surface area contributed by atoms with Crippen LogP contribution in [0.3, 0.4) is 0 Å². The quantitative estimate of drug-likeness (QED) is 0.735. The largest absolute Gasteiger partial charge is 0.489 e. The van der Waals surface area contributed by atoms with E-state index in [-0.39, 0.29) is 5.91 Å². The molecule has 27 heavy (non-hydrogen) atoms. The Balaban J connectivity index is 1.48. The van der Waals surface area contributed by atoms with Crippen molar-refractivity contribution in [3.8, 4) is 5.75 Å². The third-order valence-electron chi connectivity index (χ3n) is 5.13. The number of carbonyl (C=O) groups excluding carboxylic acids is 1. The Morgan fingerprint density at radius 1 is 1.22 bits per heavy atom. The van der Waals surface area contributed by atoms with Crippen molar-refractivity contribution in [1.29, 1.82) is 0 Å². The van der Waals surface area contributed by atoms with E-state index in [1.807, 2.05) is 41.7 Å². The third-order valence-corrected chi connectivity index (χ3v) is 5.13. The number of hydrogen-bond donors (Lipinski definition) is 1. The van der Waals surface area contributed by atoms with Crippen molar-refractivity contribution >= 4 is 17.4 Å². The van der Waals surface area contributed by atoms with Crippen molar-refractivity contribution in [3.05, 3.63) is 54.1 Å². The van der Waals surface area contributed by atoms with Gasteiger partial charge in [-0.05, 0) is 49.9 Å². The van der Waals surface area contributed by atoms with Crippen LogP contribution < -0.4 is 10.1 Å². The predicted molar refractivity (Wildman–Crippen MR) is 104 cm³/mol. The summed E-state index contributed by atoms with van der Waals surface area (Å²) in [5.74, 6) is 1.34. The number of imidazole rings is 1. The van der Waals surface area contributed by atoms with E-state index in [1.54, 1.807) is 12.4 Å². The fraction of sp³-hybridized carbons (Fsp3) is 0.381. The monoisotopic (exact) mass is 364 g/mol. The molecule has 1 amide bonds. The number of pyridine rings is 2. The molecule has 1 fully saturated rings. The average Bonchev–Trinajstić information content (AvgIpc) is 3.14. The molecule has 0 unspecified atom stereocenters. The molecule has 1 saturated carbocycles. The van der Waals surface area contributed by atoms with Gasteiger partial charge < -0.3 is 14.5 Å². The molecule has 3 aromatic rings. The molecule has 3 aromatic heterocycles. The SMILES string of the molecule is Cc1cccc2nc(C(=O)Nc3ncccc3OCC3CCCCC3)cn12. The highest BCUT2D eigenvalue weighted by Crippen LogP contribution is 2.27. The summed E-state index contributed by atoms with van der Waals surface area (Å²) in [6.45, 7) is 2.65. The fourth-order valence-corrected chi connectivity index (χ4v) is 3.59. The van der Waals surface area contributed by atoms with E-state index in [1.165, 1.54) is 32.1 Å². The van der Waals surface area contributed by atoms with Crippen molar-refractivity contribution in [1.82, 2.24) is 14.4 Å².